The van der Waals surface area contributed by atoms with Crippen LogP contribution >= 0.6 is 0 Å². The van der Waals surface area contributed by atoms with Gasteiger partial charge in [-0.15, -0.1) is 0 Å². The molecule has 2 nitrogen and oxygen atoms in total. The van der Waals surface area contributed by atoms with Crippen molar-refractivity contribution >= 4 is 0 Å². The lowest BCUT2D eigenvalue weighted by molar-refractivity contribution is 0.184. The molecule has 0 spiro atoms. The first-order valence-electron chi connectivity index (χ1n) is 4.47. The monoisotopic (exact) mass is 178 g/mol. The quantitative estimate of drug-likeness (QED) is 0.661. The second-order valence-electron chi connectivity index (χ2n) is 3.65. The molecule has 1 aliphatic rings. The molecule has 13 heavy (non-hydrogen) atoms. The van der Waals surface area contributed by atoms with Gasteiger partial charge in [-0.1, -0.05) is 24.3 Å². The predicted octanol–water partition coefficient (Wildman–Crippen LogP) is 2.08. The highest BCUT2D eigenvalue weighted by molar-refractivity contribution is 5.30. The Morgan fingerprint density at radius 2 is 2.31 bits per heavy atom. The molecule has 1 aliphatic heterocycles. The molecular weight excluding hydrogens is 164 g/mol. The minimum atomic E-state index is -0.0241. The Hall–Kier alpha value is -0.860. The van der Waals surface area contributed by atoms with E-state index in [0.717, 1.165) is 6.61 Å². The largest absolute Gasteiger partial charge is 0.380 e. The SMILES string of the molecule is COCc1cccc(C2(C)CO2)c1. The summed E-state index contributed by atoms with van der Waals surface area (Å²) in [5.41, 5.74) is 2.43. The standard InChI is InChI=1S/C11H14O2/c1-11(8-13-11)10-5-3-4-9(6-10)7-12-2/h3-6H,7-8H2,1-2H3. The smallest absolute Gasteiger partial charge is 0.114 e. The molecule has 0 bridgehead atoms. The summed E-state index contributed by atoms with van der Waals surface area (Å²) in [6.07, 6.45) is 0. The molecule has 0 radical (unpaired) electrons. The van der Waals surface area contributed by atoms with Crippen LogP contribution in [0.1, 0.15) is 18.1 Å². The van der Waals surface area contributed by atoms with E-state index in [1.54, 1.807) is 7.11 Å². The van der Waals surface area contributed by atoms with E-state index in [-0.39, 0.29) is 5.60 Å². The summed E-state index contributed by atoms with van der Waals surface area (Å²) in [5, 5.41) is 0. The molecule has 1 unspecified atom stereocenters. The fraction of sp³-hybridized carbons (Fsp3) is 0.455. The first-order valence-corrected chi connectivity index (χ1v) is 4.47. The topological polar surface area (TPSA) is 21.8 Å². The predicted molar refractivity (Wildman–Crippen MR) is 50.5 cm³/mol. The van der Waals surface area contributed by atoms with Crippen LogP contribution in [0.5, 0.6) is 0 Å². The molecule has 0 saturated carbocycles. The Morgan fingerprint density at radius 3 is 2.92 bits per heavy atom. The third-order valence-electron chi connectivity index (χ3n) is 2.43. The molecular formula is C11H14O2. The molecule has 2 rings (SSSR count). The first-order chi connectivity index (χ1) is 6.24. The normalized spacial score (nSPS) is 26.0. The second kappa shape index (κ2) is 3.13. The summed E-state index contributed by atoms with van der Waals surface area (Å²) in [7, 11) is 1.71. The lowest BCUT2D eigenvalue weighted by Crippen LogP contribution is -2.02. The number of hydrogen-bond donors (Lipinski definition) is 0. The number of epoxide rings is 1. The van der Waals surface area contributed by atoms with Crippen molar-refractivity contribution in [1.29, 1.82) is 0 Å². The summed E-state index contributed by atoms with van der Waals surface area (Å²) in [4.78, 5) is 0. The maximum atomic E-state index is 5.37. The zero-order valence-corrected chi connectivity index (χ0v) is 8.04. The van der Waals surface area contributed by atoms with Crippen molar-refractivity contribution in [1.82, 2.24) is 0 Å². The van der Waals surface area contributed by atoms with Gasteiger partial charge in [-0.3, -0.25) is 0 Å². The first kappa shape index (κ1) is 8.73. The van der Waals surface area contributed by atoms with Crippen molar-refractivity contribution < 1.29 is 9.47 Å². The zero-order chi connectivity index (χ0) is 9.31. The van der Waals surface area contributed by atoms with Gasteiger partial charge in [0.05, 0.1) is 13.2 Å². The Balaban J connectivity index is 2.22. The molecule has 0 aliphatic carbocycles. The Kier molecular flexibility index (Phi) is 2.10. The van der Waals surface area contributed by atoms with Gasteiger partial charge < -0.3 is 9.47 Å². The molecule has 1 aromatic carbocycles. The summed E-state index contributed by atoms with van der Waals surface area (Å²) in [5.74, 6) is 0. The van der Waals surface area contributed by atoms with Crippen LogP contribution in [0.15, 0.2) is 24.3 Å². The third-order valence-corrected chi connectivity index (χ3v) is 2.43. The van der Waals surface area contributed by atoms with Gasteiger partial charge in [-0.05, 0) is 18.1 Å². The van der Waals surface area contributed by atoms with Crippen LogP contribution in [0.4, 0.5) is 0 Å². The lowest BCUT2D eigenvalue weighted by Gasteiger charge is -2.07. The van der Waals surface area contributed by atoms with E-state index in [2.05, 4.69) is 31.2 Å². The Labute approximate surface area is 78.5 Å². The van der Waals surface area contributed by atoms with Crippen LogP contribution in [0.2, 0.25) is 0 Å². The van der Waals surface area contributed by atoms with Gasteiger partial charge in [0.2, 0.25) is 0 Å². The van der Waals surface area contributed by atoms with Crippen molar-refractivity contribution in [3.8, 4) is 0 Å². The van der Waals surface area contributed by atoms with Gasteiger partial charge >= 0.3 is 0 Å². The zero-order valence-electron chi connectivity index (χ0n) is 8.04. The van der Waals surface area contributed by atoms with Gasteiger partial charge in [0.25, 0.3) is 0 Å². The van der Waals surface area contributed by atoms with E-state index in [0.29, 0.717) is 6.61 Å². The number of hydrogen-bond acceptors (Lipinski definition) is 2. The van der Waals surface area contributed by atoms with Gasteiger partial charge in [-0.2, -0.15) is 0 Å². The number of ether oxygens (including phenoxy) is 2. The third kappa shape index (κ3) is 1.74. The molecule has 0 aromatic heterocycles. The molecule has 0 amide bonds. The summed E-state index contributed by atoms with van der Waals surface area (Å²) in [6, 6.07) is 8.37. The number of benzene rings is 1. The van der Waals surface area contributed by atoms with Gasteiger partial charge in [0, 0.05) is 7.11 Å². The van der Waals surface area contributed by atoms with E-state index in [1.807, 2.05) is 0 Å². The van der Waals surface area contributed by atoms with Crippen LogP contribution < -0.4 is 0 Å². The van der Waals surface area contributed by atoms with Gasteiger partial charge in [0.15, 0.2) is 0 Å². The van der Waals surface area contributed by atoms with Gasteiger partial charge in [-0.25, -0.2) is 0 Å². The molecule has 1 atom stereocenters. The van der Waals surface area contributed by atoms with Crippen LogP contribution in [-0.2, 0) is 21.7 Å². The number of rotatable bonds is 3. The number of methoxy groups -OCH3 is 1. The highest BCUT2D eigenvalue weighted by atomic mass is 16.6. The summed E-state index contributed by atoms with van der Waals surface area (Å²) < 4.78 is 10.4. The van der Waals surface area contributed by atoms with Crippen LogP contribution in [-0.4, -0.2) is 13.7 Å². The van der Waals surface area contributed by atoms with Crippen LogP contribution in [0.25, 0.3) is 0 Å². The molecule has 1 saturated heterocycles. The summed E-state index contributed by atoms with van der Waals surface area (Å²) in [6.45, 7) is 3.62. The molecule has 1 aromatic rings. The maximum Gasteiger partial charge on any atom is 0.114 e. The van der Waals surface area contributed by atoms with E-state index in [4.69, 9.17) is 9.47 Å². The molecule has 0 N–H and O–H groups in total. The lowest BCUT2D eigenvalue weighted by atomic mass is 10.0. The molecule has 1 heterocycles. The fourth-order valence-electron chi connectivity index (χ4n) is 1.43. The van der Waals surface area contributed by atoms with Crippen molar-refractivity contribution in [2.75, 3.05) is 13.7 Å². The van der Waals surface area contributed by atoms with Crippen LogP contribution in [0.3, 0.4) is 0 Å². The van der Waals surface area contributed by atoms with Gasteiger partial charge in [0.1, 0.15) is 5.60 Å². The highest BCUT2D eigenvalue weighted by Gasteiger charge is 2.40. The fourth-order valence-corrected chi connectivity index (χ4v) is 1.43. The summed E-state index contributed by atoms with van der Waals surface area (Å²) >= 11 is 0. The van der Waals surface area contributed by atoms with Crippen molar-refractivity contribution in [2.24, 2.45) is 0 Å². The average molecular weight is 178 g/mol. The van der Waals surface area contributed by atoms with Crippen molar-refractivity contribution in [3.05, 3.63) is 35.4 Å². The molecule has 1 fully saturated rings. The Morgan fingerprint density at radius 1 is 1.54 bits per heavy atom. The second-order valence-corrected chi connectivity index (χ2v) is 3.65. The van der Waals surface area contributed by atoms with E-state index in [9.17, 15) is 0 Å². The minimum Gasteiger partial charge on any atom is -0.380 e. The highest BCUT2D eigenvalue weighted by Crippen LogP contribution is 2.37. The van der Waals surface area contributed by atoms with E-state index < -0.39 is 0 Å². The van der Waals surface area contributed by atoms with Crippen molar-refractivity contribution in [2.45, 2.75) is 19.1 Å². The van der Waals surface area contributed by atoms with E-state index >= 15 is 0 Å². The van der Waals surface area contributed by atoms with E-state index in [1.165, 1.54) is 11.1 Å². The van der Waals surface area contributed by atoms with Crippen molar-refractivity contribution in [3.63, 3.8) is 0 Å². The molecule has 2 heteroatoms. The molecule has 70 valence electrons. The van der Waals surface area contributed by atoms with Crippen LogP contribution in [0, 0.1) is 0 Å². The maximum absolute atomic E-state index is 5.37. The Bertz CT molecular complexity index is 303. The minimum absolute atomic E-state index is 0.0241. The average Bonchev–Trinajstić information content (AvgIpc) is 2.86.